The number of rotatable bonds is 4. The molecule has 4 nitrogen and oxygen atoms in total. The van der Waals surface area contributed by atoms with E-state index in [1.165, 1.54) is 23.1 Å². The third-order valence-electron chi connectivity index (χ3n) is 4.35. The molecule has 2 aromatic heterocycles. The molecule has 1 aliphatic carbocycles. The standard InChI is InChI=1S/C20H18N2O2S/c23-20(17-13-25-19-9-5-4-8-16(17)19)22-21-12-15-10-11-18(24-15)14-6-2-1-3-7-14/h1-3,6-7,10-13H,4-5,8-9H2,(H,22,23). The van der Waals surface area contributed by atoms with Crippen molar-refractivity contribution in [2.75, 3.05) is 0 Å². The molecule has 4 rings (SSSR count). The van der Waals surface area contributed by atoms with Crippen molar-refractivity contribution in [1.82, 2.24) is 5.43 Å². The van der Waals surface area contributed by atoms with Gasteiger partial charge in [0.05, 0.1) is 11.8 Å². The van der Waals surface area contributed by atoms with Crippen LogP contribution in [0.5, 0.6) is 0 Å². The van der Waals surface area contributed by atoms with Crippen LogP contribution in [0.3, 0.4) is 0 Å². The van der Waals surface area contributed by atoms with E-state index in [9.17, 15) is 4.79 Å². The first-order valence-corrected chi connectivity index (χ1v) is 9.27. The van der Waals surface area contributed by atoms with Crippen molar-refractivity contribution in [3.05, 3.63) is 69.6 Å². The van der Waals surface area contributed by atoms with Crippen molar-refractivity contribution in [1.29, 1.82) is 0 Å². The summed E-state index contributed by atoms with van der Waals surface area (Å²) >= 11 is 1.68. The molecule has 0 fully saturated rings. The lowest BCUT2D eigenvalue weighted by Gasteiger charge is -2.11. The number of furan rings is 1. The zero-order chi connectivity index (χ0) is 17.1. The number of hydrogen-bond acceptors (Lipinski definition) is 4. The number of nitrogens with zero attached hydrogens (tertiary/aromatic N) is 1. The SMILES string of the molecule is O=C(NN=Cc1ccc(-c2ccccc2)o1)c1csc2c1CCCC2. The smallest absolute Gasteiger partial charge is 0.272 e. The summed E-state index contributed by atoms with van der Waals surface area (Å²) in [6, 6.07) is 13.6. The summed E-state index contributed by atoms with van der Waals surface area (Å²) in [5, 5.41) is 5.99. The van der Waals surface area contributed by atoms with Crippen LogP contribution < -0.4 is 5.43 Å². The van der Waals surface area contributed by atoms with E-state index in [-0.39, 0.29) is 5.91 Å². The lowest BCUT2D eigenvalue weighted by Crippen LogP contribution is -2.19. The van der Waals surface area contributed by atoms with E-state index in [0.29, 0.717) is 5.76 Å². The molecule has 0 radical (unpaired) electrons. The quantitative estimate of drug-likeness (QED) is 0.550. The van der Waals surface area contributed by atoms with Gasteiger partial charge in [-0.2, -0.15) is 5.10 Å². The number of carbonyl (C=O) groups excluding carboxylic acids is 1. The summed E-state index contributed by atoms with van der Waals surface area (Å²) in [6.45, 7) is 0. The Morgan fingerprint density at radius 1 is 1.12 bits per heavy atom. The number of hydrogen-bond donors (Lipinski definition) is 1. The Labute approximate surface area is 150 Å². The van der Waals surface area contributed by atoms with Gasteiger partial charge in [-0.1, -0.05) is 30.3 Å². The number of carbonyl (C=O) groups is 1. The zero-order valence-electron chi connectivity index (χ0n) is 13.7. The summed E-state index contributed by atoms with van der Waals surface area (Å²) in [4.78, 5) is 13.7. The average Bonchev–Trinajstić information content (AvgIpc) is 3.29. The Morgan fingerprint density at radius 3 is 2.84 bits per heavy atom. The molecular formula is C20H18N2O2S. The average molecular weight is 350 g/mol. The van der Waals surface area contributed by atoms with Crippen LogP contribution in [0.4, 0.5) is 0 Å². The maximum absolute atomic E-state index is 12.3. The second kappa shape index (κ2) is 7.07. The Morgan fingerprint density at radius 2 is 1.96 bits per heavy atom. The van der Waals surface area contributed by atoms with Crippen LogP contribution in [-0.2, 0) is 12.8 Å². The maximum Gasteiger partial charge on any atom is 0.272 e. The van der Waals surface area contributed by atoms with Gasteiger partial charge in [-0.25, -0.2) is 5.43 Å². The van der Waals surface area contributed by atoms with Crippen LogP contribution in [-0.4, -0.2) is 12.1 Å². The van der Waals surface area contributed by atoms with E-state index < -0.39 is 0 Å². The number of aryl methyl sites for hydroxylation is 1. The highest BCUT2D eigenvalue weighted by molar-refractivity contribution is 7.10. The topological polar surface area (TPSA) is 54.6 Å². The molecule has 126 valence electrons. The first-order chi connectivity index (χ1) is 12.3. The van der Waals surface area contributed by atoms with Gasteiger partial charge in [0.2, 0.25) is 0 Å². The van der Waals surface area contributed by atoms with Gasteiger partial charge in [-0.05, 0) is 43.4 Å². The van der Waals surface area contributed by atoms with Crippen molar-refractivity contribution in [3.8, 4) is 11.3 Å². The summed E-state index contributed by atoms with van der Waals surface area (Å²) in [5.41, 5.74) is 5.59. The Balaban J connectivity index is 1.42. The molecule has 1 aromatic carbocycles. The van der Waals surface area contributed by atoms with E-state index in [4.69, 9.17) is 4.42 Å². The van der Waals surface area contributed by atoms with Gasteiger partial charge in [-0.3, -0.25) is 4.79 Å². The summed E-state index contributed by atoms with van der Waals surface area (Å²) in [7, 11) is 0. The first kappa shape index (κ1) is 15.8. The molecule has 25 heavy (non-hydrogen) atoms. The van der Waals surface area contributed by atoms with Crippen LogP contribution in [0.2, 0.25) is 0 Å². The lowest BCUT2D eigenvalue weighted by molar-refractivity contribution is 0.0954. The van der Waals surface area contributed by atoms with Gasteiger partial charge in [0, 0.05) is 15.8 Å². The van der Waals surface area contributed by atoms with Gasteiger partial charge >= 0.3 is 0 Å². The minimum atomic E-state index is -0.148. The zero-order valence-corrected chi connectivity index (χ0v) is 14.5. The Bertz CT molecular complexity index is 909. The molecule has 0 aliphatic heterocycles. The van der Waals surface area contributed by atoms with Crippen LogP contribution >= 0.6 is 11.3 Å². The minimum absolute atomic E-state index is 0.148. The molecule has 5 heteroatoms. The largest absolute Gasteiger partial charge is 0.455 e. The monoisotopic (exact) mass is 350 g/mol. The van der Waals surface area contributed by atoms with Crippen LogP contribution in [0.15, 0.2) is 57.4 Å². The lowest BCUT2D eigenvalue weighted by atomic mass is 9.96. The fourth-order valence-corrected chi connectivity index (χ4v) is 4.20. The highest BCUT2D eigenvalue weighted by atomic mass is 32.1. The summed E-state index contributed by atoms with van der Waals surface area (Å²) in [5.74, 6) is 1.23. The van der Waals surface area contributed by atoms with Gasteiger partial charge < -0.3 is 4.42 Å². The van der Waals surface area contributed by atoms with Crippen LogP contribution in [0.1, 0.15) is 39.4 Å². The van der Waals surface area contributed by atoms with E-state index in [1.54, 1.807) is 11.3 Å². The predicted molar refractivity (Wildman–Crippen MR) is 100 cm³/mol. The minimum Gasteiger partial charge on any atom is -0.455 e. The first-order valence-electron chi connectivity index (χ1n) is 8.39. The summed E-state index contributed by atoms with van der Waals surface area (Å²) in [6.07, 6.45) is 5.98. The highest BCUT2D eigenvalue weighted by Gasteiger charge is 2.19. The third kappa shape index (κ3) is 3.42. The molecule has 0 saturated carbocycles. The summed E-state index contributed by atoms with van der Waals surface area (Å²) < 4.78 is 5.73. The number of hydrazone groups is 1. The van der Waals surface area contributed by atoms with Crippen molar-refractivity contribution in [2.24, 2.45) is 5.10 Å². The van der Waals surface area contributed by atoms with E-state index >= 15 is 0 Å². The molecule has 0 saturated heterocycles. The molecule has 1 N–H and O–H groups in total. The number of fused-ring (bicyclic) bond motifs is 1. The number of amides is 1. The normalized spacial score (nSPS) is 13.8. The number of benzene rings is 1. The van der Waals surface area contributed by atoms with Gasteiger partial charge in [0.25, 0.3) is 5.91 Å². The van der Waals surface area contributed by atoms with Crippen LogP contribution in [0, 0.1) is 0 Å². The Hall–Kier alpha value is -2.66. The fraction of sp³-hybridized carbons (Fsp3) is 0.200. The van der Waals surface area contributed by atoms with Crippen molar-refractivity contribution >= 4 is 23.5 Å². The highest BCUT2D eigenvalue weighted by Crippen LogP contribution is 2.30. The molecule has 0 unspecified atom stereocenters. The van der Waals surface area contributed by atoms with Crippen molar-refractivity contribution in [2.45, 2.75) is 25.7 Å². The molecule has 0 bridgehead atoms. The molecule has 3 aromatic rings. The van der Waals surface area contributed by atoms with Gasteiger partial charge in [0.1, 0.15) is 11.5 Å². The number of thiophene rings is 1. The van der Waals surface area contributed by atoms with Gasteiger partial charge in [0.15, 0.2) is 0 Å². The fourth-order valence-electron chi connectivity index (χ4n) is 3.08. The molecule has 0 spiro atoms. The van der Waals surface area contributed by atoms with Crippen molar-refractivity contribution < 1.29 is 9.21 Å². The van der Waals surface area contributed by atoms with E-state index in [1.807, 2.05) is 47.8 Å². The second-order valence-electron chi connectivity index (χ2n) is 6.03. The second-order valence-corrected chi connectivity index (χ2v) is 6.99. The molecule has 1 amide bonds. The van der Waals surface area contributed by atoms with Gasteiger partial charge in [-0.15, -0.1) is 11.3 Å². The number of nitrogens with one attached hydrogen (secondary N) is 1. The van der Waals surface area contributed by atoms with E-state index in [0.717, 1.165) is 36.1 Å². The maximum atomic E-state index is 12.3. The molecule has 1 aliphatic rings. The molecular weight excluding hydrogens is 332 g/mol. The van der Waals surface area contributed by atoms with E-state index in [2.05, 4.69) is 10.5 Å². The predicted octanol–water partition coefficient (Wildman–Crippen LogP) is 4.65. The molecule has 2 heterocycles. The third-order valence-corrected chi connectivity index (χ3v) is 5.44. The van der Waals surface area contributed by atoms with Crippen LogP contribution in [0.25, 0.3) is 11.3 Å². The van der Waals surface area contributed by atoms with Crippen molar-refractivity contribution in [3.63, 3.8) is 0 Å². The Kier molecular flexibility index (Phi) is 4.48. The molecule has 0 atom stereocenters.